The second-order valence-corrected chi connectivity index (χ2v) is 11.3. The number of hydrogen-bond acceptors (Lipinski definition) is 4. The van der Waals surface area contributed by atoms with Gasteiger partial charge in [0, 0.05) is 11.4 Å². The highest BCUT2D eigenvalue weighted by Crippen LogP contribution is 2.42. The summed E-state index contributed by atoms with van der Waals surface area (Å²) in [6.45, 7) is 0. The topological polar surface area (TPSA) is 24.9 Å². The molecule has 7 aromatic carbocycles. The molecular weight excluding hydrogens is 538 g/mol. The maximum absolute atomic E-state index is 6.55. The first-order chi connectivity index (χ1) is 21.8. The van der Waals surface area contributed by atoms with Crippen molar-refractivity contribution >= 4 is 69.3 Å². The summed E-state index contributed by atoms with van der Waals surface area (Å²) in [5, 5.41) is 4.81. The van der Waals surface area contributed by atoms with Crippen molar-refractivity contribution in [2.75, 3.05) is 9.62 Å². The summed E-state index contributed by atoms with van der Waals surface area (Å²) < 4.78 is 13.1. The summed E-state index contributed by atoms with van der Waals surface area (Å²) in [5.41, 5.74) is 6.60. The van der Waals surface area contributed by atoms with Gasteiger partial charge >= 0.3 is 14.1 Å². The Balaban J connectivity index is 1.10. The van der Waals surface area contributed by atoms with E-state index in [2.05, 4.69) is 131 Å². The zero-order chi connectivity index (χ0) is 29.0. The normalized spacial score (nSPS) is 13.6. The Hall–Kier alpha value is -5.61. The van der Waals surface area contributed by atoms with Gasteiger partial charge in [-0.1, -0.05) is 109 Å². The van der Waals surface area contributed by atoms with E-state index in [1.807, 2.05) is 36.4 Å². The smallest absolute Gasteiger partial charge is 0.524 e. The zero-order valence-electron chi connectivity index (χ0n) is 23.9. The summed E-state index contributed by atoms with van der Waals surface area (Å²) in [6, 6.07) is 55.3. The molecule has 7 aromatic rings. The van der Waals surface area contributed by atoms with Crippen molar-refractivity contribution in [1.82, 2.24) is 0 Å². The molecule has 0 saturated heterocycles. The molecule has 0 atom stereocenters. The summed E-state index contributed by atoms with van der Waals surface area (Å²) in [4.78, 5) is 4.56. The fourth-order valence-corrected chi connectivity index (χ4v) is 6.69. The van der Waals surface area contributed by atoms with Gasteiger partial charge in [-0.25, -0.2) is 0 Å². The van der Waals surface area contributed by atoms with Crippen LogP contribution in [0.4, 0.5) is 22.7 Å². The molecular formula is C38H26B2N2O2. The first-order valence-corrected chi connectivity index (χ1v) is 15.0. The number of anilines is 4. The van der Waals surface area contributed by atoms with Crippen LogP contribution in [0.15, 0.2) is 158 Å². The van der Waals surface area contributed by atoms with Gasteiger partial charge in [0.25, 0.3) is 0 Å². The number of fused-ring (bicyclic) bond motifs is 5. The lowest BCUT2D eigenvalue weighted by molar-refractivity contribution is 0.603. The number of benzene rings is 7. The predicted octanol–water partition coefficient (Wildman–Crippen LogP) is 7.84. The van der Waals surface area contributed by atoms with Gasteiger partial charge in [0.15, 0.2) is 0 Å². The molecule has 0 radical (unpaired) electrons. The van der Waals surface area contributed by atoms with Crippen LogP contribution in [0.2, 0.25) is 0 Å². The van der Waals surface area contributed by atoms with Gasteiger partial charge in [-0.15, -0.1) is 0 Å². The second kappa shape index (κ2) is 9.99. The molecule has 206 valence electrons. The molecule has 2 aliphatic rings. The van der Waals surface area contributed by atoms with E-state index in [4.69, 9.17) is 9.31 Å². The molecule has 2 aliphatic heterocycles. The third-order valence-corrected chi connectivity index (χ3v) is 8.72. The molecule has 2 heterocycles. The van der Waals surface area contributed by atoms with E-state index in [9.17, 15) is 0 Å². The number of nitrogens with zero attached hydrogens (tertiary/aromatic N) is 2. The van der Waals surface area contributed by atoms with Crippen LogP contribution in [0.5, 0.6) is 11.5 Å². The van der Waals surface area contributed by atoms with Crippen molar-refractivity contribution in [3.8, 4) is 11.5 Å². The van der Waals surface area contributed by atoms with Crippen LogP contribution in [0.1, 0.15) is 0 Å². The second-order valence-electron chi connectivity index (χ2n) is 11.3. The van der Waals surface area contributed by atoms with E-state index in [1.54, 1.807) is 0 Å². The molecule has 0 saturated carbocycles. The van der Waals surface area contributed by atoms with Gasteiger partial charge in [0.05, 0.1) is 11.4 Å². The molecule has 0 N–H and O–H groups in total. The fraction of sp³-hybridized carbons (Fsp3) is 0. The lowest BCUT2D eigenvalue weighted by Gasteiger charge is -2.23. The summed E-state index contributed by atoms with van der Waals surface area (Å²) in [6.07, 6.45) is 0. The first-order valence-electron chi connectivity index (χ1n) is 15.0. The van der Waals surface area contributed by atoms with Crippen LogP contribution in [0.25, 0.3) is 21.5 Å². The number of rotatable bonds is 4. The molecule has 0 unspecified atom stereocenters. The van der Waals surface area contributed by atoms with Crippen LogP contribution >= 0.6 is 0 Å². The average molecular weight is 564 g/mol. The van der Waals surface area contributed by atoms with Gasteiger partial charge in [-0.3, -0.25) is 0 Å². The van der Waals surface area contributed by atoms with Gasteiger partial charge in [0.1, 0.15) is 11.5 Å². The molecule has 0 aromatic heterocycles. The fourth-order valence-electron chi connectivity index (χ4n) is 6.69. The van der Waals surface area contributed by atoms with Gasteiger partial charge in [0.2, 0.25) is 0 Å². The van der Waals surface area contributed by atoms with E-state index < -0.39 is 0 Å². The molecule has 44 heavy (non-hydrogen) atoms. The van der Waals surface area contributed by atoms with Gasteiger partial charge < -0.3 is 18.9 Å². The van der Waals surface area contributed by atoms with Crippen LogP contribution in [0.3, 0.4) is 0 Å². The Kier molecular flexibility index (Phi) is 5.66. The van der Waals surface area contributed by atoms with E-state index in [0.29, 0.717) is 0 Å². The van der Waals surface area contributed by atoms with E-state index in [1.165, 1.54) is 21.5 Å². The minimum atomic E-state index is -0.248. The van der Waals surface area contributed by atoms with E-state index >= 15 is 0 Å². The Bertz CT molecular complexity index is 2020. The Morgan fingerprint density at radius 1 is 0.386 bits per heavy atom. The molecule has 6 heteroatoms. The van der Waals surface area contributed by atoms with Crippen LogP contribution < -0.4 is 29.9 Å². The number of hydrogen-bond donors (Lipinski definition) is 0. The minimum absolute atomic E-state index is 0.248. The monoisotopic (exact) mass is 564 g/mol. The van der Waals surface area contributed by atoms with Crippen LogP contribution in [-0.2, 0) is 0 Å². The third kappa shape index (κ3) is 3.95. The van der Waals surface area contributed by atoms with Crippen molar-refractivity contribution in [3.05, 3.63) is 158 Å². The molecule has 0 spiro atoms. The standard InChI is InChI=1S/C38H26B2N2O2/c1-3-11-31(12-4-1)41-35-15-7-9-17-37(35)43-39(41)29-21-23-33-27(25-29)19-20-28-26-30(22-24-34(28)33)40-42(32-13-5-2-6-14-32)36-16-8-10-18-38(36)44-40/h1-26H. The maximum Gasteiger partial charge on any atom is 0.524 e. The molecule has 9 rings (SSSR count). The third-order valence-electron chi connectivity index (χ3n) is 8.72. The number of para-hydroxylation sites is 6. The van der Waals surface area contributed by atoms with Crippen molar-refractivity contribution in [1.29, 1.82) is 0 Å². The highest BCUT2D eigenvalue weighted by atomic mass is 16.5. The Morgan fingerprint density at radius 3 is 1.25 bits per heavy atom. The minimum Gasteiger partial charge on any atom is -0.536 e. The van der Waals surface area contributed by atoms with Crippen molar-refractivity contribution in [2.24, 2.45) is 0 Å². The van der Waals surface area contributed by atoms with Crippen LogP contribution in [0, 0.1) is 0 Å². The Labute approximate surface area is 257 Å². The molecule has 0 amide bonds. The predicted molar refractivity (Wildman–Crippen MR) is 184 cm³/mol. The van der Waals surface area contributed by atoms with Crippen molar-refractivity contribution < 1.29 is 9.31 Å². The lowest BCUT2D eigenvalue weighted by Crippen LogP contribution is -2.47. The molecule has 0 bridgehead atoms. The van der Waals surface area contributed by atoms with Gasteiger partial charge in [-0.05, 0) is 81.0 Å². The van der Waals surface area contributed by atoms with E-state index in [-0.39, 0.29) is 14.1 Å². The molecule has 0 fully saturated rings. The van der Waals surface area contributed by atoms with E-state index in [0.717, 1.165) is 45.2 Å². The summed E-state index contributed by atoms with van der Waals surface area (Å²) >= 11 is 0. The molecule has 0 aliphatic carbocycles. The maximum atomic E-state index is 6.55. The highest BCUT2D eigenvalue weighted by molar-refractivity contribution is 6.75. The van der Waals surface area contributed by atoms with Crippen molar-refractivity contribution in [2.45, 2.75) is 0 Å². The van der Waals surface area contributed by atoms with Gasteiger partial charge in [-0.2, -0.15) is 0 Å². The summed E-state index contributed by atoms with van der Waals surface area (Å²) in [5.74, 6) is 1.79. The SMILES string of the molecule is c1ccc(N2B(c3ccc4c(ccc5cc(B6Oc7ccccc7N6c6ccccc6)ccc54)c3)Oc3ccccc32)cc1. The zero-order valence-corrected chi connectivity index (χ0v) is 23.9. The van der Waals surface area contributed by atoms with Crippen LogP contribution in [-0.4, -0.2) is 14.1 Å². The Morgan fingerprint density at radius 2 is 0.795 bits per heavy atom. The lowest BCUT2D eigenvalue weighted by atomic mass is 9.70. The highest BCUT2D eigenvalue weighted by Gasteiger charge is 2.40. The first kappa shape index (κ1) is 24.9. The largest absolute Gasteiger partial charge is 0.536 e. The molecule has 4 nitrogen and oxygen atoms in total. The summed E-state index contributed by atoms with van der Waals surface area (Å²) in [7, 11) is -0.496. The van der Waals surface area contributed by atoms with Crippen molar-refractivity contribution in [3.63, 3.8) is 0 Å². The quantitative estimate of drug-likeness (QED) is 0.161. The average Bonchev–Trinajstić information content (AvgIpc) is 3.68.